The number of carboxylic acids is 1. The number of rotatable bonds is 7. The van der Waals surface area contributed by atoms with Crippen molar-refractivity contribution in [3.63, 3.8) is 0 Å². The van der Waals surface area contributed by atoms with Gasteiger partial charge in [0.1, 0.15) is 17.2 Å². The Hall–Kier alpha value is -3.31. The molecular formula is C21H16ClNO4. The number of ether oxygens (including phenoxy) is 2. The van der Waals surface area contributed by atoms with Crippen molar-refractivity contribution >= 4 is 29.5 Å². The Morgan fingerprint density at radius 2 is 1.70 bits per heavy atom. The molecule has 1 N–H and O–H groups in total. The quantitative estimate of drug-likeness (QED) is 0.560. The summed E-state index contributed by atoms with van der Waals surface area (Å²) < 4.78 is 11.0. The van der Waals surface area contributed by atoms with E-state index in [1.807, 2.05) is 54.6 Å². The van der Waals surface area contributed by atoms with Crippen LogP contribution in [0.15, 0.2) is 77.8 Å². The molecule has 0 aromatic heterocycles. The second-order valence-electron chi connectivity index (χ2n) is 5.53. The monoisotopic (exact) mass is 381 g/mol. The first kappa shape index (κ1) is 18.5. The number of carbonyl (C=O) groups is 1. The number of aliphatic carboxylic acids is 1. The van der Waals surface area contributed by atoms with Gasteiger partial charge < -0.3 is 14.6 Å². The molecule has 3 rings (SSSR count). The highest BCUT2D eigenvalue weighted by molar-refractivity contribution is 6.30. The average Bonchev–Trinajstić information content (AvgIpc) is 2.67. The maximum Gasteiger partial charge on any atom is 0.341 e. The van der Waals surface area contributed by atoms with Crippen molar-refractivity contribution < 1.29 is 19.4 Å². The van der Waals surface area contributed by atoms with Gasteiger partial charge in [-0.05, 0) is 54.6 Å². The first-order chi connectivity index (χ1) is 13.1. The average molecular weight is 382 g/mol. The SMILES string of the molecule is O=C(O)COc1ccc(Cl)cc1C=Nc1ccc(Oc2ccccc2)cc1. The number of hydrogen-bond donors (Lipinski definition) is 1. The van der Waals surface area contributed by atoms with Crippen LogP contribution in [0.5, 0.6) is 17.2 Å². The lowest BCUT2D eigenvalue weighted by atomic mass is 10.2. The van der Waals surface area contributed by atoms with Gasteiger partial charge in [-0.3, -0.25) is 4.99 Å². The Bertz CT molecular complexity index is 940. The third kappa shape index (κ3) is 5.59. The number of para-hydroxylation sites is 1. The van der Waals surface area contributed by atoms with Crippen LogP contribution in [0.25, 0.3) is 0 Å². The van der Waals surface area contributed by atoms with E-state index in [0.29, 0.717) is 27.8 Å². The zero-order valence-electron chi connectivity index (χ0n) is 14.2. The van der Waals surface area contributed by atoms with E-state index in [1.54, 1.807) is 24.4 Å². The van der Waals surface area contributed by atoms with E-state index in [0.717, 1.165) is 5.75 Å². The van der Waals surface area contributed by atoms with Gasteiger partial charge in [0, 0.05) is 16.8 Å². The van der Waals surface area contributed by atoms with Crippen molar-refractivity contribution in [1.82, 2.24) is 0 Å². The number of nitrogens with zero attached hydrogens (tertiary/aromatic N) is 1. The zero-order chi connectivity index (χ0) is 19.1. The molecular weight excluding hydrogens is 366 g/mol. The van der Waals surface area contributed by atoms with E-state index >= 15 is 0 Å². The minimum Gasteiger partial charge on any atom is -0.481 e. The predicted molar refractivity (Wildman–Crippen MR) is 105 cm³/mol. The molecule has 0 heterocycles. The molecule has 0 aliphatic heterocycles. The molecule has 0 amide bonds. The van der Waals surface area contributed by atoms with Crippen LogP contribution in [0.1, 0.15) is 5.56 Å². The van der Waals surface area contributed by atoms with Crippen LogP contribution in [0, 0.1) is 0 Å². The molecule has 6 heteroatoms. The smallest absolute Gasteiger partial charge is 0.341 e. The molecule has 0 saturated heterocycles. The van der Waals surface area contributed by atoms with Crippen molar-refractivity contribution in [3.8, 4) is 17.2 Å². The second kappa shape index (κ2) is 8.87. The maximum atomic E-state index is 10.7. The minimum absolute atomic E-state index is 0.398. The largest absolute Gasteiger partial charge is 0.481 e. The number of benzene rings is 3. The molecule has 0 bridgehead atoms. The van der Waals surface area contributed by atoms with Gasteiger partial charge >= 0.3 is 5.97 Å². The minimum atomic E-state index is -1.05. The van der Waals surface area contributed by atoms with E-state index in [1.165, 1.54) is 0 Å². The zero-order valence-corrected chi connectivity index (χ0v) is 15.0. The van der Waals surface area contributed by atoms with Crippen molar-refractivity contribution in [1.29, 1.82) is 0 Å². The molecule has 5 nitrogen and oxygen atoms in total. The van der Waals surface area contributed by atoms with Gasteiger partial charge in [-0.1, -0.05) is 29.8 Å². The lowest BCUT2D eigenvalue weighted by Crippen LogP contribution is -2.10. The molecule has 0 saturated carbocycles. The molecule has 0 radical (unpaired) electrons. The summed E-state index contributed by atoms with van der Waals surface area (Å²) >= 11 is 6.01. The fourth-order valence-electron chi connectivity index (χ4n) is 2.26. The molecule has 0 atom stereocenters. The van der Waals surface area contributed by atoms with Gasteiger partial charge in [-0.15, -0.1) is 0 Å². The van der Waals surface area contributed by atoms with Crippen molar-refractivity contribution in [3.05, 3.63) is 83.4 Å². The summed E-state index contributed by atoms with van der Waals surface area (Å²) in [5, 5.41) is 9.27. The summed E-state index contributed by atoms with van der Waals surface area (Å²) in [7, 11) is 0. The van der Waals surface area contributed by atoms with Gasteiger partial charge in [-0.25, -0.2) is 4.79 Å². The molecule has 3 aromatic carbocycles. The Morgan fingerprint density at radius 3 is 2.41 bits per heavy atom. The number of aliphatic imine (C=N–C) groups is 1. The fourth-order valence-corrected chi connectivity index (χ4v) is 2.44. The van der Waals surface area contributed by atoms with Gasteiger partial charge in [0.15, 0.2) is 6.61 Å². The molecule has 0 spiro atoms. The lowest BCUT2D eigenvalue weighted by Gasteiger charge is -2.07. The standard InChI is InChI=1S/C21H16ClNO4/c22-16-6-11-20(26-14-21(24)25)15(12-16)13-23-17-7-9-19(10-8-17)27-18-4-2-1-3-5-18/h1-13H,14H2,(H,24,25). The second-order valence-corrected chi connectivity index (χ2v) is 5.97. The molecule has 136 valence electrons. The topological polar surface area (TPSA) is 68.1 Å². The normalized spacial score (nSPS) is 10.7. The number of halogens is 1. The summed E-state index contributed by atoms with van der Waals surface area (Å²) in [6.07, 6.45) is 1.58. The fraction of sp³-hybridized carbons (Fsp3) is 0.0476. The van der Waals surface area contributed by atoms with Crippen LogP contribution in [0.2, 0.25) is 5.02 Å². The van der Waals surface area contributed by atoms with Crippen LogP contribution in [0.4, 0.5) is 5.69 Å². The Kier molecular flexibility index (Phi) is 6.07. The summed E-state index contributed by atoms with van der Waals surface area (Å²) in [5.74, 6) is 0.803. The van der Waals surface area contributed by atoms with Crippen molar-refractivity contribution in [2.75, 3.05) is 6.61 Å². The number of hydrogen-bond acceptors (Lipinski definition) is 4. The van der Waals surface area contributed by atoms with E-state index in [9.17, 15) is 4.79 Å². The maximum absolute atomic E-state index is 10.7. The molecule has 3 aromatic rings. The van der Waals surface area contributed by atoms with Gasteiger partial charge in [-0.2, -0.15) is 0 Å². The van der Waals surface area contributed by atoms with Crippen molar-refractivity contribution in [2.24, 2.45) is 4.99 Å². The van der Waals surface area contributed by atoms with Crippen LogP contribution in [-0.4, -0.2) is 23.9 Å². The molecule has 27 heavy (non-hydrogen) atoms. The van der Waals surface area contributed by atoms with Crippen LogP contribution >= 0.6 is 11.6 Å². The Labute approximate surface area is 161 Å². The first-order valence-electron chi connectivity index (χ1n) is 8.11. The lowest BCUT2D eigenvalue weighted by molar-refractivity contribution is -0.139. The summed E-state index contributed by atoms with van der Waals surface area (Å²) in [5.41, 5.74) is 1.30. The first-order valence-corrected chi connectivity index (χ1v) is 8.49. The van der Waals surface area contributed by atoms with E-state index < -0.39 is 12.6 Å². The summed E-state index contributed by atoms with van der Waals surface area (Å²) in [6.45, 7) is -0.437. The van der Waals surface area contributed by atoms with Gasteiger partial charge in [0.25, 0.3) is 0 Å². The summed E-state index contributed by atoms with van der Waals surface area (Å²) in [4.78, 5) is 15.1. The van der Waals surface area contributed by atoms with Crippen LogP contribution in [0.3, 0.4) is 0 Å². The van der Waals surface area contributed by atoms with Crippen LogP contribution < -0.4 is 9.47 Å². The van der Waals surface area contributed by atoms with Gasteiger partial charge in [0.2, 0.25) is 0 Å². The van der Waals surface area contributed by atoms with Gasteiger partial charge in [0.05, 0.1) is 5.69 Å². The van der Waals surface area contributed by atoms with E-state index in [-0.39, 0.29) is 0 Å². The molecule has 0 fully saturated rings. The highest BCUT2D eigenvalue weighted by atomic mass is 35.5. The summed E-state index contributed by atoms with van der Waals surface area (Å²) in [6, 6.07) is 21.7. The van der Waals surface area contributed by atoms with E-state index in [2.05, 4.69) is 4.99 Å². The predicted octanol–water partition coefficient (Wildman–Crippen LogP) is 5.35. The third-order valence-corrected chi connectivity index (χ3v) is 3.73. The molecule has 0 aliphatic rings. The highest BCUT2D eigenvalue weighted by Gasteiger charge is 2.05. The molecule has 0 unspecified atom stereocenters. The number of carboxylic acid groups (broad SMARTS) is 1. The van der Waals surface area contributed by atoms with Crippen molar-refractivity contribution in [2.45, 2.75) is 0 Å². The Balaban J connectivity index is 1.72. The highest BCUT2D eigenvalue weighted by Crippen LogP contribution is 2.25. The van der Waals surface area contributed by atoms with E-state index in [4.69, 9.17) is 26.2 Å². The molecule has 0 aliphatic carbocycles. The van der Waals surface area contributed by atoms with Crippen LogP contribution in [-0.2, 0) is 4.79 Å². The third-order valence-electron chi connectivity index (χ3n) is 3.49. The Morgan fingerprint density at radius 1 is 1.00 bits per heavy atom.